The van der Waals surface area contributed by atoms with Gasteiger partial charge in [0.2, 0.25) is 5.88 Å². The molecule has 114 valence electrons. The predicted octanol–water partition coefficient (Wildman–Crippen LogP) is 2.10. The van der Waals surface area contributed by atoms with E-state index in [1.54, 1.807) is 11.6 Å². The maximum atomic E-state index is 5.49. The second-order valence-electron chi connectivity index (χ2n) is 5.45. The number of hydrogen-bond acceptors (Lipinski definition) is 5. The van der Waals surface area contributed by atoms with Gasteiger partial charge in [0.25, 0.3) is 5.78 Å². The summed E-state index contributed by atoms with van der Waals surface area (Å²) in [6.07, 6.45) is 2.23. The van der Waals surface area contributed by atoms with Crippen LogP contribution in [0.5, 0.6) is 5.88 Å². The van der Waals surface area contributed by atoms with Gasteiger partial charge in [0.05, 0.1) is 12.7 Å². The molecule has 0 fully saturated rings. The van der Waals surface area contributed by atoms with Gasteiger partial charge in [-0.1, -0.05) is 29.8 Å². The monoisotopic (exact) mass is 297 g/mol. The molecule has 3 aromatic rings. The van der Waals surface area contributed by atoms with E-state index in [1.165, 1.54) is 17.5 Å². The minimum Gasteiger partial charge on any atom is -0.481 e. The normalized spacial score (nSPS) is 10.9. The number of fused-ring (bicyclic) bond motifs is 1. The van der Waals surface area contributed by atoms with Gasteiger partial charge in [-0.3, -0.25) is 0 Å². The quantitative estimate of drug-likeness (QED) is 0.738. The van der Waals surface area contributed by atoms with Crippen LogP contribution in [0.15, 0.2) is 30.6 Å². The first-order chi connectivity index (χ1) is 10.6. The highest BCUT2D eigenvalue weighted by Gasteiger charge is 2.19. The number of rotatable bonds is 4. The van der Waals surface area contributed by atoms with Crippen molar-refractivity contribution < 1.29 is 4.74 Å². The number of anilines is 1. The van der Waals surface area contributed by atoms with Crippen LogP contribution in [0.1, 0.15) is 16.7 Å². The Kier molecular flexibility index (Phi) is 3.66. The van der Waals surface area contributed by atoms with E-state index in [0.29, 0.717) is 11.7 Å². The van der Waals surface area contributed by atoms with Gasteiger partial charge >= 0.3 is 0 Å². The fraction of sp³-hybridized carbons (Fsp3) is 0.312. The van der Waals surface area contributed by atoms with Crippen molar-refractivity contribution in [3.63, 3.8) is 0 Å². The van der Waals surface area contributed by atoms with Crippen LogP contribution >= 0.6 is 0 Å². The molecule has 0 aliphatic heterocycles. The standard InChI is InChI=1S/C16H19N5O/c1-11-5-7-12(8-6-11)9-13-14(22-4)19-16-17-10-18-21(16)15(13)20(2)3/h5-8,10H,9H2,1-4H3. The van der Waals surface area contributed by atoms with Crippen molar-refractivity contribution in [2.24, 2.45) is 0 Å². The van der Waals surface area contributed by atoms with Crippen LogP contribution in [-0.2, 0) is 6.42 Å². The van der Waals surface area contributed by atoms with Gasteiger partial charge in [0, 0.05) is 20.5 Å². The van der Waals surface area contributed by atoms with Crippen molar-refractivity contribution in [2.45, 2.75) is 13.3 Å². The molecule has 1 aromatic carbocycles. The zero-order chi connectivity index (χ0) is 15.7. The molecular formula is C16H19N5O. The van der Waals surface area contributed by atoms with E-state index < -0.39 is 0 Å². The molecule has 6 heteroatoms. The van der Waals surface area contributed by atoms with Gasteiger partial charge in [0.1, 0.15) is 12.1 Å². The van der Waals surface area contributed by atoms with E-state index >= 15 is 0 Å². The molecule has 0 aliphatic rings. The molecule has 3 rings (SSSR count). The topological polar surface area (TPSA) is 55.6 Å². The van der Waals surface area contributed by atoms with Crippen LogP contribution < -0.4 is 9.64 Å². The molecule has 0 spiro atoms. The van der Waals surface area contributed by atoms with Crippen LogP contribution in [0.25, 0.3) is 5.78 Å². The van der Waals surface area contributed by atoms with Crippen molar-refractivity contribution in [1.82, 2.24) is 19.6 Å². The van der Waals surface area contributed by atoms with Crippen molar-refractivity contribution in [1.29, 1.82) is 0 Å². The van der Waals surface area contributed by atoms with Gasteiger partial charge in [0.15, 0.2) is 0 Å². The van der Waals surface area contributed by atoms with Crippen molar-refractivity contribution >= 4 is 11.6 Å². The first-order valence-electron chi connectivity index (χ1n) is 7.09. The summed E-state index contributed by atoms with van der Waals surface area (Å²) in [6, 6.07) is 8.47. The molecule has 2 heterocycles. The minimum atomic E-state index is 0.535. The Morgan fingerprint density at radius 3 is 2.55 bits per heavy atom. The molecular weight excluding hydrogens is 278 g/mol. The van der Waals surface area contributed by atoms with Crippen molar-refractivity contribution in [2.75, 3.05) is 26.1 Å². The largest absolute Gasteiger partial charge is 0.481 e. The number of methoxy groups -OCH3 is 1. The summed E-state index contributed by atoms with van der Waals surface area (Å²) in [4.78, 5) is 10.6. The Bertz CT molecular complexity index is 792. The van der Waals surface area contributed by atoms with E-state index in [4.69, 9.17) is 4.74 Å². The van der Waals surface area contributed by atoms with Gasteiger partial charge in [-0.25, -0.2) is 0 Å². The van der Waals surface area contributed by atoms with Crippen LogP contribution in [0.3, 0.4) is 0 Å². The van der Waals surface area contributed by atoms with Crippen LogP contribution in [0.4, 0.5) is 5.82 Å². The minimum absolute atomic E-state index is 0.535. The van der Waals surface area contributed by atoms with E-state index in [-0.39, 0.29) is 0 Å². The third-order valence-corrected chi connectivity index (χ3v) is 3.58. The third-order valence-electron chi connectivity index (χ3n) is 3.58. The summed E-state index contributed by atoms with van der Waals surface area (Å²) < 4.78 is 7.23. The molecule has 0 N–H and O–H groups in total. The molecule has 0 amide bonds. The number of hydrogen-bond donors (Lipinski definition) is 0. The number of nitrogens with zero attached hydrogens (tertiary/aromatic N) is 5. The highest BCUT2D eigenvalue weighted by Crippen LogP contribution is 2.29. The van der Waals surface area contributed by atoms with Crippen LogP contribution in [-0.4, -0.2) is 40.8 Å². The summed E-state index contributed by atoms with van der Waals surface area (Å²) in [6.45, 7) is 2.08. The van der Waals surface area contributed by atoms with Crippen molar-refractivity contribution in [3.05, 3.63) is 47.3 Å². The van der Waals surface area contributed by atoms with Crippen LogP contribution in [0.2, 0.25) is 0 Å². The molecule has 2 aromatic heterocycles. The summed E-state index contributed by atoms with van der Waals surface area (Å²) in [5.74, 6) is 2.05. The van der Waals surface area contributed by atoms with E-state index in [9.17, 15) is 0 Å². The smallest absolute Gasteiger partial charge is 0.257 e. The number of benzene rings is 1. The molecule has 0 radical (unpaired) electrons. The van der Waals surface area contributed by atoms with Gasteiger partial charge in [-0.15, -0.1) is 0 Å². The maximum Gasteiger partial charge on any atom is 0.257 e. The molecule has 22 heavy (non-hydrogen) atoms. The molecule has 6 nitrogen and oxygen atoms in total. The van der Waals surface area contributed by atoms with Gasteiger partial charge in [-0.05, 0) is 12.5 Å². The molecule has 0 unspecified atom stereocenters. The molecule has 0 saturated carbocycles. The average Bonchev–Trinajstić information content (AvgIpc) is 2.96. The maximum absolute atomic E-state index is 5.49. The number of aromatic nitrogens is 4. The predicted molar refractivity (Wildman–Crippen MR) is 85.6 cm³/mol. The zero-order valence-electron chi connectivity index (χ0n) is 13.2. The van der Waals surface area contributed by atoms with Crippen LogP contribution in [0, 0.1) is 6.92 Å². The second-order valence-corrected chi connectivity index (χ2v) is 5.45. The molecule has 0 bridgehead atoms. The van der Waals surface area contributed by atoms with Gasteiger partial charge < -0.3 is 9.64 Å². The SMILES string of the molecule is COc1nc2ncnn2c(N(C)C)c1Cc1ccc(C)cc1. The summed E-state index contributed by atoms with van der Waals surface area (Å²) in [7, 11) is 5.59. The Labute approximate surface area is 129 Å². The lowest BCUT2D eigenvalue weighted by Gasteiger charge is -2.20. The summed E-state index contributed by atoms with van der Waals surface area (Å²) in [5.41, 5.74) is 3.44. The first-order valence-corrected chi connectivity index (χ1v) is 7.09. The lowest BCUT2D eigenvalue weighted by atomic mass is 10.0. The Morgan fingerprint density at radius 1 is 1.18 bits per heavy atom. The highest BCUT2D eigenvalue weighted by atomic mass is 16.5. The first kappa shape index (κ1) is 14.3. The molecule has 0 aliphatic carbocycles. The Morgan fingerprint density at radius 2 is 1.91 bits per heavy atom. The fourth-order valence-corrected chi connectivity index (χ4v) is 2.54. The Hall–Kier alpha value is -2.63. The molecule has 0 atom stereocenters. The van der Waals surface area contributed by atoms with Crippen molar-refractivity contribution in [3.8, 4) is 5.88 Å². The average molecular weight is 297 g/mol. The van der Waals surface area contributed by atoms with Gasteiger partial charge in [-0.2, -0.15) is 19.6 Å². The highest BCUT2D eigenvalue weighted by molar-refractivity contribution is 5.57. The summed E-state index contributed by atoms with van der Waals surface area (Å²) in [5, 5.41) is 4.28. The van der Waals surface area contributed by atoms with E-state index in [2.05, 4.69) is 46.3 Å². The number of ether oxygens (including phenoxy) is 1. The second kappa shape index (κ2) is 5.63. The third kappa shape index (κ3) is 2.47. The molecule has 0 saturated heterocycles. The zero-order valence-corrected chi connectivity index (χ0v) is 13.2. The summed E-state index contributed by atoms with van der Waals surface area (Å²) >= 11 is 0. The van der Waals surface area contributed by atoms with E-state index in [1.807, 2.05) is 19.0 Å². The fourth-order valence-electron chi connectivity index (χ4n) is 2.54. The Balaban J connectivity index is 2.17. The lowest BCUT2D eigenvalue weighted by molar-refractivity contribution is 0.393. The van der Waals surface area contributed by atoms with E-state index in [0.717, 1.165) is 17.8 Å². The lowest BCUT2D eigenvalue weighted by Crippen LogP contribution is -2.18. The number of aryl methyl sites for hydroxylation is 1.